The van der Waals surface area contributed by atoms with Gasteiger partial charge in [-0.15, -0.1) is 0 Å². The quantitative estimate of drug-likeness (QED) is 0.163. The highest BCUT2D eigenvalue weighted by Crippen LogP contribution is 2.37. The number of hydrogen-bond donors (Lipinski definition) is 2. The van der Waals surface area contributed by atoms with Crippen LogP contribution in [0.2, 0.25) is 0 Å². The van der Waals surface area contributed by atoms with Crippen molar-refractivity contribution in [3.63, 3.8) is 0 Å². The maximum Gasteiger partial charge on any atom is 0.320 e. The maximum atomic E-state index is 11.4. The molecule has 140 valence electrons. The van der Waals surface area contributed by atoms with E-state index >= 15 is 0 Å². The van der Waals surface area contributed by atoms with Crippen molar-refractivity contribution in [3.05, 3.63) is 24.5 Å². The van der Waals surface area contributed by atoms with Crippen LogP contribution in [0.25, 0.3) is 0 Å². The minimum atomic E-state index is -3.20. The number of unbranched alkanes of at least 4 members (excludes halogenated alkanes) is 3. The monoisotopic (exact) mass is 377 g/mol. The van der Waals surface area contributed by atoms with Crippen molar-refractivity contribution < 1.29 is 18.9 Å². The highest BCUT2D eigenvalue weighted by atomic mass is 32.5. The first-order valence-corrected chi connectivity index (χ1v) is 11.2. The summed E-state index contributed by atoms with van der Waals surface area (Å²) >= 11 is 4.94. The Bertz CT molecular complexity index is 452. The Morgan fingerprint density at radius 3 is 2.62 bits per heavy atom. The topological polar surface area (TPSA) is 67.8 Å². The fourth-order valence-corrected chi connectivity index (χ4v) is 2.91. The Balaban J connectivity index is 3.92. The first kappa shape index (κ1) is 23.3. The second-order valence-corrected chi connectivity index (χ2v) is 9.06. The van der Waals surface area contributed by atoms with E-state index in [0.29, 0.717) is 5.92 Å². The standard InChI is InChI=1S/C17H32NO4PS/c1-5-6-7-8-9-10-11-16(4)12-13-21-23(20,24)18-14-17(19)22-15(2)3/h5-6,12-13,15-16H,7-11,14H2,1-4H3,(H2,18,20,24)/b6-5-,13-12+. The van der Waals surface area contributed by atoms with E-state index in [-0.39, 0.29) is 12.6 Å². The molecule has 0 fully saturated rings. The Morgan fingerprint density at radius 2 is 2.00 bits per heavy atom. The molecule has 0 aliphatic heterocycles. The molecule has 2 unspecified atom stereocenters. The molecule has 0 spiro atoms. The SMILES string of the molecule is C/C=C\CCCCCC(C)/C=C/OP(O)(=S)NCC(=O)OC(C)C. The van der Waals surface area contributed by atoms with E-state index < -0.39 is 12.6 Å². The predicted molar refractivity (Wildman–Crippen MR) is 103 cm³/mol. The molecule has 0 radical (unpaired) electrons. The molecule has 0 heterocycles. The maximum absolute atomic E-state index is 11.4. The Labute approximate surface area is 151 Å². The fraction of sp³-hybridized carbons (Fsp3) is 0.706. The highest BCUT2D eigenvalue weighted by molar-refractivity contribution is 8.08. The van der Waals surface area contributed by atoms with Crippen molar-refractivity contribution >= 4 is 24.4 Å². The lowest BCUT2D eigenvalue weighted by Crippen LogP contribution is -2.24. The van der Waals surface area contributed by atoms with Gasteiger partial charge in [0.1, 0.15) is 6.54 Å². The van der Waals surface area contributed by atoms with Crippen molar-refractivity contribution in [1.29, 1.82) is 0 Å². The zero-order valence-corrected chi connectivity index (χ0v) is 16.9. The van der Waals surface area contributed by atoms with Gasteiger partial charge in [0, 0.05) is 0 Å². The van der Waals surface area contributed by atoms with E-state index in [1.807, 2.05) is 13.0 Å². The molecule has 24 heavy (non-hydrogen) atoms. The molecule has 0 bridgehead atoms. The van der Waals surface area contributed by atoms with Crippen LogP contribution >= 0.6 is 6.64 Å². The minimum Gasteiger partial charge on any atom is -0.462 e. The van der Waals surface area contributed by atoms with Gasteiger partial charge in [0.15, 0.2) is 0 Å². The molecule has 0 aromatic carbocycles. The molecule has 7 heteroatoms. The van der Waals surface area contributed by atoms with E-state index in [4.69, 9.17) is 21.1 Å². The number of hydrogen-bond acceptors (Lipinski definition) is 4. The smallest absolute Gasteiger partial charge is 0.320 e. The third-order valence-electron chi connectivity index (χ3n) is 3.17. The summed E-state index contributed by atoms with van der Waals surface area (Å²) in [7, 11) is 0. The fourth-order valence-electron chi connectivity index (χ4n) is 1.93. The molecule has 0 rings (SSSR count). The van der Waals surface area contributed by atoms with Gasteiger partial charge < -0.3 is 14.2 Å². The summed E-state index contributed by atoms with van der Waals surface area (Å²) in [5.41, 5.74) is 0. The van der Waals surface area contributed by atoms with Crippen LogP contribution in [-0.4, -0.2) is 23.5 Å². The summed E-state index contributed by atoms with van der Waals surface area (Å²) in [4.78, 5) is 21.3. The average Bonchev–Trinajstić information content (AvgIpc) is 2.48. The minimum absolute atomic E-state index is 0.165. The molecule has 5 nitrogen and oxygen atoms in total. The van der Waals surface area contributed by atoms with Crippen LogP contribution in [0.15, 0.2) is 24.5 Å². The second-order valence-electron chi connectivity index (χ2n) is 6.01. The zero-order chi connectivity index (χ0) is 18.4. The molecular formula is C17H32NO4PS. The van der Waals surface area contributed by atoms with Gasteiger partial charge in [-0.05, 0) is 63.8 Å². The van der Waals surface area contributed by atoms with Crippen molar-refractivity contribution in [3.8, 4) is 0 Å². The van der Waals surface area contributed by atoms with Crippen LogP contribution < -0.4 is 5.09 Å². The third kappa shape index (κ3) is 14.9. The molecule has 0 aromatic heterocycles. The predicted octanol–water partition coefficient (Wildman–Crippen LogP) is 4.44. The molecular weight excluding hydrogens is 345 g/mol. The van der Waals surface area contributed by atoms with Crippen LogP contribution in [0.4, 0.5) is 0 Å². The lowest BCUT2D eigenvalue weighted by molar-refractivity contribution is -0.145. The summed E-state index contributed by atoms with van der Waals surface area (Å²) in [5.74, 6) is -0.111. The van der Waals surface area contributed by atoms with Crippen LogP contribution in [0.1, 0.15) is 59.8 Å². The van der Waals surface area contributed by atoms with Crippen molar-refractivity contribution in [2.45, 2.75) is 65.9 Å². The van der Waals surface area contributed by atoms with Crippen molar-refractivity contribution in [1.82, 2.24) is 5.09 Å². The van der Waals surface area contributed by atoms with Crippen LogP contribution in [0.5, 0.6) is 0 Å². The number of rotatable bonds is 13. The Kier molecular flexibility index (Phi) is 13.2. The van der Waals surface area contributed by atoms with Gasteiger partial charge in [0.2, 0.25) is 0 Å². The van der Waals surface area contributed by atoms with E-state index in [0.717, 1.165) is 19.3 Å². The van der Waals surface area contributed by atoms with E-state index in [1.165, 1.54) is 19.1 Å². The van der Waals surface area contributed by atoms with Gasteiger partial charge in [-0.25, -0.2) is 5.09 Å². The average molecular weight is 377 g/mol. The molecule has 0 aliphatic carbocycles. The lowest BCUT2D eigenvalue weighted by Gasteiger charge is -2.16. The normalized spacial score (nSPS) is 15.8. The van der Waals surface area contributed by atoms with Gasteiger partial charge in [0.05, 0.1) is 12.4 Å². The summed E-state index contributed by atoms with van der Waals surface area (Å²) in [6, 6.07) is 0. The van der Waals surface area contributed by atoms with Gasteiger partial charge in [-0.2, -0.15) is 0 Å². The largest absolute Gasteiger partial charge is 0.462 e. The van der Waals surface area contributed by atoms with Gasteiger partial charge in [-0.3, -0.25) is 4.79 Å². The number of allylic oxidation sites excluding steroid dienone is 3. The summed E-state index contributed by atoms with van der Waals surface area (Å²) in [6.45, 7) is 4.29. The third-order valence-corrected chi connectivity index (χ3v) is 4.78. The second kappa shape index (κ2) is 13.6. The first-order valence-electron chi connectivity index (χ1n) is 8.50. The van der Waals surface area contributed by atoms with Crippen LogP contribution in [-0.2, 0) is 25.9 Å². The molecule has 0 saturated carbocycles. The van der Waals surface area contributed by atoms with E-state index in [9.17, 15) is 9.69 Å². The zero-order valence-electron chi connectivity index (χ0n) is 15.2. The van der Waals surface area contributed by atoms with Crippen molar-refractivity contribution in [2.24, 2.45) is 5.92 Å². The van der Waals surface area contributed by atoms with Crippen molar-refractivity contribution in [2.75, 3.05) is 6.54 Å². The summed E-state index contributed by atoms with van der Waals surface area (Å²) in [6.07, 6.45) is 13.2. The number of esters is 1. The molecule has 0 aromatic rings. The number of carbonyl (C=O) groups excluding carboxylic acids is 1. The van der Waals surface area contributed by atoms with E-state index in [2.05, 4.69) is 24.2 Å². The van der Waals surface area contributed by atoms with Gasteiger partial charge in [-0.1, -0.05) is 31.9 Å². The van der Waals surface area contributed by atoms with E-state index in [1.54, 1.807) is 13.8 Å². The highest BCUT2D eigenvalue weighted by Gasteiger charge is 2.15. The number of nitrogens with one attached hydrogen (secondary N) is 1. The molecule has 2 atom stereocenters. The molecule has 0 aliphatic rings. The van der Waals surface area contributed by atoms with Gasteiger partial charge >= 0.3 is 12.6 Å². The lowest BCUT2D eigenvalue weighted by atomic mass is 10.0. The molecule has 0 saturated heterocycles. The number of carbonyl (C=O) groups is 1. The molecule has 0 amide bonds. The summed E-state index contributed by atoms with van der Waals surface area (Å²) < 4.78 is 10.1. The van der Waals surface area contributed by atoms with Gasteiger partial charge in [0.25, 0.3) is 0 Å². The van der Waals surface area contributed by atoms with Crippen LogP contribution in [0.3, 0.4) is 0 Å². The Morgan fingerprint density at radius 1 is 1.29 bits per heavy atom. The Hall–Kier alpha value is -0.680. The van der Waals surface area contributed by atoms with Crippen LogP contribution in [0, 0.1) is 5.92 Å². The summed E-state index contributed by atoms with van der Waals surface area (Å²) in [5, 5.41) is 2.54. The number of ether oxygens (including phenoxy) is 1. The molecule has 2 N–H and O–H groups in total. The first-order chi connectivity index (χ1) is 11.3.